The van der Waals surface area contributed by atoms with E-state index in [1.807, 2.05) is 13.0 Å². The van der Waals surface area contributed by atoms with Crippen LogP contribution in [0.25, 0.3) is 0 Å². The van der Waals surface area contributed by atoms with Gasteiger partial charge in [-0.05, 0) is 31.9 Å². The summed E-state index contributed by atoms with van der Waals surface area (Å²) in [4.78, 5) is 8.23. The molecule has 0 aliphatic rings. The van der Waals surface area contributed by atoms with Crippen LogP contribution < -0.4 is 5.73 Å². The third-order valence-corrected chi connectivity index (χ3v) is 1.92. The van der Waals surface area contributed by atoms with E-state index in [2.05, 4.69) is 9.97 Å². The van der Waals surface area contributed by atoms with Gasteiger partial charge < -0.3 is 10.8 Å². The molecule has 1 rings (SSSR count). The Kier molecular flexibility index (Phi) is 3.79. The Hall–Kier alpha value is -1.00. The number of hydrogen-bond acceptors (Lipinski definition) is 4. The summed E-state index contributed by atoms with van der Waals surface area (Å²) in [5.41, 5.74) is 6.41. The van der Waals surface area contributed by atoms with E-state index in [0.717, 1.165) is 17.9 Å². The van der Waals surface area contributed by atoms with E-state index in [0.29, 0.717) is 6.54 Å². The molecule has 0 saturated carbocycles. The van der Waals surface area contributed by atoms with E-state index in [9.17, 15) is 0 Å². The van der Waals surface area contributed by atoms with Crippen molar-refractivity contribution < 1.29 is 5.11 Å². The normalized spacial score (nSPS) is 12.8. The Morgan fingerprint density at radius 3 is 2.92 bits per heavy atom. The lowest BCUT2D eigenvalue weighted by atomic mass is 10.0. The number of aliphatic hydroxyl groups excluding tert-OH is 1. The molecule has 0 bridgehead atoms. The van der Waals surface area contributed by atoms with Crippen molar-refractivity contribution in [2.75, 3.05) is 13.2 Å². The predicted octanol–water partition coefficient (Wildman–Crippen LogP) is -0.105. The minimum absolute atomic E-state index is 0.106. The van der Waals surface area contributed by atoms with Crippen LogP contribution in [0.3, 0.4) is 0 Å². The second-order valence-electron chi connectivity index (χ2n) is 3.08. The fourth-order valence-electron chi connectivity index (χ4n) is 1.14. The number of rotatable bonds is 4. The average Bonchev–Trinajstić information content (AvgIpc) is 2.14. The van der Waals surface area contributed by atoms with E-state index < -0.39 is 0 Å². The molecule has 0 aromatic carbocycles. The molecule has 13 heavy (non-hydrogen) atoms. The zero-order chi connectivity index (χ0) is 9.68. The van der Waals surface area contributed by atoms with Gasteiger partial charge in [-0.25, -0.2) is 9.97 Å². The van der Waals surface area contributed by atoms with Gasteiger partial charge >= 0.3 is 0 Å². The quantitative estimate of drug-likeness (QED) is 0.680. The van der Waals surface area contributed by atoms with Crippen LogP contribution in [-0.2, 0) is 6.42 Å². The molecule has 0 amide bonds. The lowest BCUT2D eigenvalue weighted by Crippen LogP contribution is -2.21. The highest BCUT2D eigenvalue weighted by Gasteiger charge is 2.06. The summed E-state index contributed by atoms with van der Waals surface area (Å²) in [5.74, 6) is 0.862. The number of hydrogen-bond donors (Lipinski definition) is 2. The number of nitrogens with two attached hydrogens (primary N) is 1. The second kappa shape index (κ2) is 4.89. The Bertz CT molecular complexity index is 261. The maximum atomic E-state index is 8.93. The number of aliphatic hydroxyl groups is 1. The van der Waals surface area contributed by atoms with Gasteiger partial charge in [-0.2, -0.15) is 0 Å². The summed E-state index contributed by atoms with van der Waals surface area (Å²) in [5, 5.41) is 8.93. The van der Waals surface area contributed by atoms with Crippen molar-refractivity contribution in [2.24, 2.45) is 11.7 Å². The van der Waals surface area contributed by atoms with Crippen molar-refractivity contribution in [3.8, 4) is 0 Å². The maximum Gasteiger partial charge on any atom is 0.125 e. The SMILES string of the molecule is Cc1nccc(CC(CN)CO)n1. The topological polar surface area (TPSA) is 72.0 Å². The summed E-state index contributed by atoms with van der Waals surface area (Å²) in [6, 6.07) is 1.85. The van der Waals surface area contributed by atoms with Crippen LogP contribution in [0, 0.1) is 12.8 Å². The van der Waals surface area contributed by atoms with Crippen LogP contribution in [0.4, 0.5) is 0 Å². The number of aryl methyl sites for hydroxylation is 1. The molecule has 0 spiro atoms. The molecule has 1 atom stereocenters. The Morgan fingerprint density at radius 2 is 2.38 bits per heavy atom. The molecule has 0 aliphatic carbocycles. The lowest BCUT2D eigenvalue weighted by Gasteiger charge is -2.10. The fraction of sp³-hybridized carbons (Fsp3) is 0.556. The predicted molar refractivity (Wildman–Crippen MR) is 50.1 cm³/mol. The smallest absolute Gasteiger partial charge is 0.125 e. The van der Waals surface area contributed by atoms with Crippen molar-refractivity contribution in [1.82, 2.24) is 9.97 Å². The van der Waals surface area contributed by atoms with Crippen molar-refractivity contribution in [3.63, 3.8) is 0 Å². The third-order valence-electron chi connectivity index (χ3n) is 1.92. The van der Waals surface area contributed by atoms with Gasteiger partial charge in [-0.1, -0.05) is 0 Å². The van der Waals surface area contributed by atoms with Gasteiger partial charge in [0.15, 0.2) is 0 Å². The molecule has 3 N–H and O–H groups in total. The standard InChI is InChI=1S/C9H15N3O/c1-7-11-3-2-9(12-7)4-8(5-10)6-13/h2-3,8,13H,4-6,10H2,1H3. The lowest BCUT2D eigenvalue weighted by molar-refractivity contribution is 0.229. The van der Waals surface area contributed by atoms with Crippen molar-refractivity contribution in [1.29, 1.82) is 0 Å². The molecule has 1 aromatic heterocycles. The Balaban J connectivity index is 2.62. The molecule has 72 valence electrons. The van der Waals surface area contributed by atoms with E-state index >= 15 is 0 Å². The van der Waals surface area contributed by atoms with Gasteiger partial charge in [0.05, 0.1) is 0 Å². The minimum Gasteiger partial charge on any atom is -0.396 e. The fourth-order valence-corrected chi connectivity index (χ4v) is 1.14. The van der Waals surface area contributed by atoms with Gasteiger partial charge in [-0.15, -0.1) is 0 Å². The molecule has 4 nitrogen and oxygen atoms in total. The molecular weight excluding hydrogens is 166 g/mol. The highest BCUT2D eigenvalue weighted by Crippen LogP contribution is 2.04. The van der Waals surface area contributed by atoms with Gasteiger partial charge in [0.25, 0.3) is 0 Å². The Morgan fingerprint density at radius 1 is 1.62 bits per heavy atom. The summed E-state index contributed by atoms with van der Waals surface area (Å²) >= 11 is 0. The summed E-state index contributed by atoms with van der Waals surface area (Å²) in [7, 11) is 0. The van der Waals surface area contributed by atoms with Crippen LogP contribution in [0.2, 0.25) is 0 Å². The van der Waals surface area contributed by atoms with E-state index in [1.54, 1.807) is 6.20 Å². The van der Waals surface area contributed by atoms with Gasteiger partial charge in [0.1, 0.15) is 5.82 Å². The van der Waals surface area contributed by atoms with Gasteiger partial charge in [0, 0.05) is 18.5 Å². The van der Waals surface area contributed by atoms with Crippen LogP contribution >= 0.6 is 0 Å². The zero-order valence-electron chi connectivity index (χ0n) is 7.77. The molecule has 0 radical (unpaired) electrons. The maximum absolute atomic E-state index is 8.93. The molecule has 1 heterocycles. The molecule has 0 saturated heterocycles. The molecule has 1 aromatic rings. The van der Waals surface area contributed by atoms with E-state index in [4.69, 9.17) is 10.8 Å². The third kappa shape index (κ3) is 3.08. The van der Waals surface area contributed by atoms with Crippen molar-refractivity contribution >= 4 is 0 Å². The van der Waals surface area contributed by atoms with E-state index in [-0.39, 0.29) is 12.5 Å². The largest absolute Gasteiger partial charge is 0.396 e. The average molecular weight is 181 g/mol. The van der Waals surface area contributed by atoms with Crippen molar-refractivity contribution in [3.05, 3.63) is 23.8 Å². The van der Waals surface area contributed by atoms with Gasteiger partial charge in [-0.3, -0.25) is 0 Å². The molecule has 0 fully saturated rings. The minimum atomic E-state index is 0.106. The van der Waals surface area contributed by atoms with E-state index in [1.165, 1.54) is 0 Å². The first-order chi connectivity index (χ1) is 6.26. The summed E-state index contributed by atoms with van der Waals surface area (Å²) < 4.78 is 0. The highest BCUT2D eigenvalue weighted by atomic mass is 16.3. The monoisotopic (exact) mass is 181 g/mol. The van der Waals surface area contributed by atoms with Crippen molar-refractivity contribution in [2.45, 2.75) is 13.3 Å². The summed E-state index contributed by atoms with van der Waals surface area (Å²) in [6.07, 6.45) is 2.44. The molecule has 0 aliphatic heterocycles. The Labute approximate surface area is 77.8 Å². The van der Waals surface area contributed by atoms with Crippen LogP contribution in [0.1, 0.15) is 11.5 Å². The molecule has 4 heteroatoms. The first kappa shape index (κ1) is 10.1. The second-order valence-corrected chi connectivity index (χ2v) is 3.08. The van der Waals surface area contributed by atoms with Crippen LogP contribution in [0.5, 0.6) is 0 Å². The first-order valence-corrected chi connectivity index (χ1v) is 4.35. The van der Waals surface area contributed by atoms with Gasteiger partial charge in [0.2, 0.25) is 0 Å². The number of aromatic nitrogens is 2. The van der Waals surface area contributed by atoms with Crippen LogP contribution in [0.15, 0.2) is 12.3 Å². The molecular formula is C9H15N3O. The number of nitrogens with zero attached hydrogens (tertiary/aromatic N) is 2. The zero-order valence-corrected chi connectivity index (χ0v) is 7.77. The summed E-state index contributed by atoms with van der Waals surface area (Å²) in [6.45, 7) is 2.44. The highest BCUT2D eigenvalue weighted by molar-refractivity contribution is 5.02. The van der Waals surface area contributed by atoms with Crippen LogP contribution in [-0.4, -0.2) is 28.2 Å². The molecule has 1 unspecified atom stereocenters. The first-order valence-electron chi connectivity index (χ1n) is 4.35.